The third kappa shape index (κ3) is 3.73. The number of amides is 1. The van der Waals surface area contributed by atoms with Crippen LogP contribution in [0.5, 0.6) is 0 Å². The molecule has 0 bridgehead atoms. The van der Waals surface area contributed by atoms with Gasteiger partial charge in [-0.15, -0.1) is 12.4 Å². The summed E-state index contributed by atoms with van der Waals surface area (Å²) >= 11 is 3.41. The fourth-order valence-electron chi connectivity index (χ4n) is 1.58. The normalized spacial score (nSPS) is 12.2. The van der Waals surface area contributed by atoms with E-state index in [-0.39, 0.29) is 30.4 Å². The summed E-state index contributed by atoms with van der Waals surface area (Å²) in [5.41, 5.74) is 6.27. The molecule has 1 aromatic heterocycles. The molecule has 1 atom stereocenters. The zero-order chi connectivity index (χ0) is 13.2. The van der Waals surface area contributed by atoms with Crippen molar-refractivity contribution in [1.82, 2.24) is 9.47 Å². The summed E-state index contributed by atoms with van der Waals surface area (Å²) in [5.74, 6) is 0.00218. The topological polar surface area (TPSA) is 51.3 Å². The summed E-state index contributed by atoms with van der Waals surface area (Å²) in [6, 6.07) is 2.14. The second-order valence-electron chi connectivity index (χ2n) is 4.55. The lowest BCUT2D eigenvalue weighted by molar-refractivity contribution is 0.0736. The maximum Gasteiger partial charge on any atom is 0.270 e. The summed E-state index contributed by atoms with van der Waals surface area (Å²) < 4.78 is 2.88. The van der Waals surface area contributed by atoms with Crippen LogP contribution < -0.4 is 5.73 Å². The molecule has 1 heterocycles. The van der Waals surface area contributed by atoms with Gasteiger partial charge < -0.3 is 15.2 Å². The van der Waals surface area contributed by atoms with Crippen LogP contribution in [-0.4, -0.2) is 35.0 Å². The Balaban J connectivity index is 0.00000289. The van der Waals surface area contributed by atoms with E-state index >= 15 is 0 Å². The molecule has 2 N–H and O–H groups in total. The maximum absolute atomic E-state index is 12.3. The van der Waals surface area contributed by atoms with Gasteiger partial charge in [0.2, 0.25) is 0 Å². The lowest BCUT2D eigenvalue weighted by Crippen LogP contribution is -2.40. The average molecular weight is 339 g/mol. The fraction of sp³-hybridized carbons (Fsp3) is 0.583. The first kappa shape index (κ1) is 17.5. The quantitative estimate of drug-likeness (QED) is 0.917. The van der Waals surface area contributed by atoms with Crippen molar-refractivity contribution in [3.8, 4) is 0 Å². The molecule has 0 spiro atoms. The Morgan fingerprint density at radius 1 is 1.50 bits per heavy atom. The Labute approximate surface area is 123 Å². The number of rotatable bonds is 4. The molecular weight excluding hydrogens is 318 g/mol. The van der Waals surface area contributed by atoms with Gasteiger partial charge in [-0.25, -0.2) is 0 Å². The second-order valence-corrected chi connectivity index (χ2v) is 5.46. The zero-order valence-corrected chi connectivity index (χ0v) is 13.6. The highest BCUT2D eigenvalue weighted by molar-refractivity contribution is 9.10. The van der Waals surface area contributed by atoms with E-state index in [2.05, 4.69) is 29.8 Å². The molecule has 0 aliphatic heterocycles. The molecule has 18 heavy (non-hydrogen) atoms. The Morgan fingerprint density at radius 3 is 2.50 bits per heavy atom. The van der Waals surface area contributed by atoms with Crippen molar-refractivity contribution in [3.05, 3.63) is 22.4 Å². The number of carbonyl (C=O) groups is 1. The van der Waals surface area contributed by atoms with Crippen LogP contribution in [0.1, 0.15) is 37.3 Å². The van der Waals surface area contributed by atoms with Gasteiger partial charge in [-0.1, -0.05) is 0 Å². The number of hydrogen-bond acceptors (Lipinski definition) is 2. The van der Waals surface area contributed by atoms with E-state index in [9.17, 15) is 4.79 Å². The molecule has 0 radical (unpaired) electrons. The molecule has 0 saturated heterocycles. The predicted octanol–water partition coefficient (Wildman–Crippen LogP) is 2.67. The molecule has 1 unspecified atom stereocenters. The van der Waals surface area contributed by atoms with E-state index < -0.39 is 0 Å². The van der Waals surface area contributed by atoms with Gasteiger partial charge in [0.05, 0.1) is 0 Å². The molecular formula is C12H21BrClN3O. The number of nitrogens with two attached hydrogens (primary N) is 1. The predicted molar refractivity (Wildman–Crippen MR) is 80.4 cm³/mol. The van der Waals surface area contributed by atoms with Crippen LogP contribution in [0.4, 0.5) is 0 Å². The van der Waals surface area contributed by atoms with E-state index in [0.717, 1.165) is 4.47 Å². The zero-order valence-electron chi connectivity index (χ0n) is 11.2. The van der Waals surface area contributed by atoms with E-state index in [1.165, 1.54) is 0 Å². The molecule has 0 saturated carbocycles. The van der Waals surface area contributed by atoms with Gasteiger partial charge >= 0.3 is 0 Å². The van der Waals surface area contributed by atoms with Gasteiger partial charge in [0.15, 0.2) is 0 Å². The molecule has 4 nitrogen and oxygen atoms in total. The number of likely N-dealkylation sites (N-methyl/N-ethyl adjacent to an activating group) is 1. The monoisotopic (exact) mass is 337 g/mol. The van der Waals surface area contributed by atoms with E-state index in [4.69, 9.17) is 5.73 Å². The number of carbonyl (C=O) groups excluding carboxylic acids is 1. The van der Waals surface area contributed by atoms with Crippen LogP contribution in [0.15, 0.2) is 16.7 Å². The molecule has 0 fully saturated rings. The standard InChI is InChI=1S/C12H20BrN3O.ClH/c1-8(2)16-7-10(13)5-11(16)12(17)15(4)9(3)6-14;/h5,7-9H,6,14H2,1-4H3;1H. The van der Waals surface area contributed by atoms with Crippen molar-refractivity contribution >= 4 is 34.2 Å². The lowest BCUT2D eigenvalue weighted by Gasteiger charge is -2.24. The van der Waals surface area contributed by atoms with Crippen molar-refractivity contribution in [1.29, 1.82) is 0 Å². The highest BCUT2D eigenvalue weighted by Crippen LogP contribution is 2.20. The van der Waals surface area contributed by atoms with Gasteiger partial charge in [0.1, 0.15) is 5.69 Å². The second kappa shape index (κ2) is 7.16. The highest BCUT2D eigenvalue weighted by Gasteiger charge is 2.21. The van der Waals surface area contributed by atoms with Gasteiger partial charge in [0.25, 0.3) is 5.91 Å². The lowest BCUT2D eigenvalue weighted by atomic mass is 10.2. The third-order valence-electron chi connectivity index (χ3n) is 2.91. The first-order chi connectivity index (χ1) is 7.88. The summed E-state index contributed by atoms with van der Waals surface area (Å²) in [7, 11) is 1.78. The van der Waals surface area contributed by atoms with E-state index in [1.54, 1.807) is 11.9 Å². The largest absolute Gasteiger partial charge is 0.340 e. The van der Waals surface area contributed by atoms with Crippen molar-refractivity contribution in [2.24, 2.45) is 5.73 Å². The fourth-order valence-corrected chi connectivity index (χ4v) is 2.02. The van der Waals surface area contributed by atoms with Crippen LogP contribution in [0, 0.1) is 0 Å². The van der Waals surface area contributed by atoms with Gasteiger partial charge in [-0.3, -0.25) is 4.79 Å². The Kier molecular flexibility index (Phi) is 6.96. The van der Waals surface area contributed by atoms with E-state index in [0.29, 0.717) is 12.2 Å². The summed E-state index contributed by atoms with van der Waals surface area (Å²) in [4.78, 5) is 14.0. The number of hydrogen-bond donors (Lipinski definition) is 1. The number of nitrogens with zero attached hydrogens (tertiary/aromatic N) is 2. The Bertz CT molecular complexity index is 406. The summed E-state index contributed by atoms with van der Waals surface area (Å²) in [6.45, 7) is 6.51. The van der Waals surface area contributed by atoms with Gasteiger partial charge in [-0.05, 0) is 42.8 Å². The van der Waals surface area contributed by atoms with Crippen LogP contribution in [0.25, 0.3) is 0 Å². The molecule has 0 aliphatic rings. The van der Waals surface area contributed by atoms with Crippen molar-refractivity contribution in [2.45, 2.75) is 32.9 Å². The van der Waals surface area contributed by atoms with Crippen LogP contribution in [-0.2, 0) is 0 Å². The third-order valence-corrected chi connectivity index (χ3v) is 3.35. The maximum atomic E-state index is 12.3. The van der Waals surface area contributed by atoms with E-state index in [1.807, 2.05) is 23.8 Å². The molecule has 1 amide bonds. The van der Waals surface area contributed by atoms with Crippen LogP contribution in [0.2, 0.25) is 0 Å². The molecule has 1 rings (SSSR count). The minimum atomic E-state index is 0. The Morgan fingerprint density at radius 2 is 2.06 bits per heavy atom. The SMILES string of the molecule is CC(CN)N(C)C(=O)c1cc(Br)cn1C(C)C.Cl. The first-order valence-corrected chi connectivity index (χ1v) is 6.52. The summed E-state index contributed by atoms with van der Waals surface area (Å²) in [5, 5.41) is 0. The van der Waals surface area contributed by atoms with Crippen molar-refractivity contribution in [3.63, 3.8) is 0 Å². The minimum absolute atomic E-state index is 0. The van der Waals surface area contributed by atoms with Crippen molar-refractivity contribution in [2.75, 3.05) is 13.6 Å². The van der Waals surface area contributed by atoms with Crippen molar-refractivity contribution < 1.29 is 4.79 Å². The highest BCUT2D eigenvalue weighted by atomic mass is 79.9. The first-order valence-electron chi connectivity index (χ1n) is 5.73. The molecule has 1 aromatic rings. The molecule has 0 aromatic carbocycles. The Hall–Kier alpha value is -0.520. The number of aromatic nitrogens is 1. The number of halogens is 2. The van der Waals surface area contributed by atoms with Crippen LogP contribution in [0.3, 0.4) is 0 Å². The molecule has 0 aliphatic carbocycles. The molecule has 6 heteroatoms. The minimum Gasteiger partial charge on any atom is -0.340 e. The molecule has 104 valence electrons. The smallest absolute Gasteiger partial charge is 0.270 e. The van der Waals surface area contributed by atoms with Gasteiger partial charge in [0, 0.05) is 36.3 Å². The average Bonchev–Trinajstić information content (AvgIpc) is 2.68. The van der Waals surface area contributed by atoms with Gasteiger partial charge in [-0.2, -0.15) is 0 Å². The summed E-state index contributed by atoms with van der Waals surface area (Å²) in [6.07, 6.45) is 1.93. The van der Waals surface area contributed by atoms with Crippen LogP contribution >= 0.6 is 28.3 Å².